The summed E-state index contributed by atoms with van der Waals surface area (Å²) in [6.07, 6.45) is 0. The largest absolute Gasteiger partial charge is 0.477 e. The minimum atomic E-state index is -1.18. The van der Waals surface area contributed by atoms with E-state index in [4.69, 9.17) is 22.0 Å². The molecule has 4 nitrogen and oxygen atoms in total. The number of nitrogens with zero attached hydrogens (tertiary/aromatic N) is 2. The van der Waals surface area contributed by atoms with Gasteiger partial charge < -0.3 is 5.11 Å². The molecular formula is C7H3ClN2O2. The van der Waals surface area contributed by atoms with Gasteiger partial charge in [0.2, 0.25) is 0 Å². The summed E-state index contributed by atoms with van der Waals surface area (Å²) in [5.41, 5.74) is -0.257. The molecule has 1 aromatic rings. The lowest BCUT2D eigenvalue weighted by Crippen LogP contribution is -2.01. The zero-order valence-corrected chi connectivity index (χ0v) is 6.54. The number of aromatic carboxylic acids is 1. The summed E-state index contributed by atoms with van der Waals surface area (Å²) < 4.78 is 0. The van der Waals surface area contributed by atoms with E-state index in [-0.39, 0.29) is 16.4 Å². The lowest BCUT2D eigenvalue weighted by atomic mass is 10.3. The Hall–Kier alpha value is -1.60. The van der Waals surface area contributed by atoms with Gasteiger partial charge in [0.05, 0.1) is 5.02 Å². The number of hydrogen-bond acceptors (Lipinski definition) is 3. The normalized spacial score (nSPS) is 9.00. The molecule has 1 aromatic heterocycles. The molecule has 0 radical (unpaired) electrons. The molecule has 0 atom stereocenters. The highest BCUT2D eigenvalue weighted by atomic mass is 35.5. The molecule has 0 aromatic carbocycles. The van der Waals surface area contributed by atoms with Gasteiger partial charge in [-0.3, -0.25) is 0 Å². The van der Waals surface area contributed by atoms with Crippen molar-refractivity contribution in [1.29, 1.82) is 5.26 Å². The van der Waals surface area contributed by atoms with Crippen LogP contribution in [0.4, 0.5) is 0 Å². The van der Waals surface area contributed by atoms with Crippen molar-refractivity contribution in [3.8, 4) is 6.07 Å². The summed E-state index contributed by atoms with van der Waals surface area (Å²) in [4.78, 5) is 13.9. The van der Waals surface area contributed by atoms with Gasteiger partial charge in [0.1, 0.15) is 11.8 Å². The third-order valence-electron chi connectivity index (χ3n) is 1.17. The number of rotatable bonds is 1. The number of hydrogen-bond donors (Lipinski definition) is 1. The predicted molar refractivity (Wildman–Crippen MR) is 40.9 cm³/mol. The number of aromatic nitrogens is 1. The molecule has 0 bridgehead atoms. The Morgan fingerprint density at radius 1 is 1.67 bits per heavy atom. The molecule has 0 unspecified atom stereocenters. The Labute approximate surface area is 73.0 Å². The van der Waals surface area contributed by atoms with Crippen LogP contribution in [0.25, 0.3) is 0 Å². The predicted octanol–water partition coefficient (Wildman–Crippen LogP) is 1.30. The van der Waals surface area contributed by atoms with E-state index in [1.807, 2.05) is 0 Å². The maximum absolute atomic E-state index is 10.4. The molecule has 0 amide bonds. The highest BCUT2D eigenvalue weighted by Crippen LogP contribution is 2.12. The highest BCUT2D eigenvalue weighted by molar-refractivity contribution is 6.31. The molecular weight excluding hydrogens is 180 g/mol. The Bertz CT molecular complexity index is 370. The molecule has 12 heavy (non-hydrogen) atoms. The molecule has 1 rings (SSSR count). The van der Waals surface area contributed by atoms with Crippen molar-refractivity contribution >= 4 is 17.6 Å². The number of carboxylic acid groups (broad SMARTS) is 1. The van der Waals surface area contributed by atoms with Crippen LogP contribution in [-0.2, 0) is 0 Å². The number of halogens is 1. The van der Waals surface area contributed by atoms with E-state index >= 15 is 0 Å². The van der Waals surface area contributed by atoms with Crippen molar-refractivity contribution in [2.75, 3.05) is 0 Å². The number of pyridine rings is 1. The highest BCUT2D eigenvalue weighted by Gasteiger charge is 2.07. The number of nitriles is 1. The second-order valence-corrected chi connectivity index (χ2v) is 2.35. The first kappa shape index (κ1) is 8.50. The summed E-state index contributed by atoms with van der Waals surface area (Å²) >= 11 is 5.52. The van der Waals surface area contributed by atoms with Crippen LogP contribution in [0, 0.1) is 11.3 Å². The first-order chi connectivity index (χ1) is 5.65. The fraction of sp³-hybridized carbons (Fsp3) is 0. The van der Waals surface area contributed by atoms with E-state index in [1.54, 1.807) is 6.07 Å². The molecule has 5 heteroatoms. The van der Waals surface area contributed by atoms with Crippen LogP contribution in [0.3, 0.4) is 0 Å². The van der Waals surface area contributed by atoms with Gasteiger partial charge in [-0.05, 0) is 12.1 Å². The fourth-order valence-corrected chi connectivity index (χ4v) is 0.787. The monoisotopic (exact) mass is 182 g/mol. The van der Waals surface area contributed by atoms with Gasteiger partial charge >= 0.3 is 5.97 Å². The molecule has 0 fully saturated rings. The molecule has 0 aliphatic heterocycles. The first-order valence-electron chi connectivity index (χ1n) is 2.95. The lowest BCUT2D eigenvalue weighted by molar-refractivity contribution is 0.0690. The van der Waals surface area contributed by atoms with Crippen LogP contribution in [-0.4, -0.2) is 16.1 Å². The van der Waals surface area contributed by atoms with Crippen LogP contribution in [0.1, 0.15) is 16.2 Å². The maximum atomic E-state index is 10.4. The van der Waals surface area contributed by atoms with Gasteiger partial charge in [-0.25, -0.2) is 9.78 Å². The van der Waals surface area contributed by atoms with E-state index in [9.17, 15) is 4.79 Å². The van der Waals surface area contributed by atoms with Crippen LogP contribution in [0.15, 0.2) is 12.1 Å². The molecule has 0 aliphatic carbocycles. The zero-order valence-electron chi connectivity index (χ0n) is 5.78. The Balaban J connectivity index is 3.25. The topological polar surface area (TPSA) is 74.0 Å². The van der Waals surface area contributed by atoms with E-state index in [1.165, 1.54) is 12.1 Å². The lowest BCUT2D eigenvalue weighted by Gasteiger charge is -1.95. The Kier molecular flexibility index (Phi) is 2.26. The minimum absolute atomic E-state index is 0.0726. The second-order valence-electron chi connectivity index (χ2n) is 1.94. The molecule has 1 N–H and O–H groups in total. The third kappa shape index (κ3) is 1.52. The SMILES string of the molecule is N#Cc1nc(C(=O)O)ccc1Cl. The summed E-state index contributed by atoms with van der Waals surface area (Å²) in [5, 5.41) is 17.1. The van der Waals surface area contributed by atoms with Crippen LogP contribution >= 0.6 is 11.6 Å². The average Bonchev–Trinajstić information content (AvgIpc) is 2.05. The molecule has 0 saturated heterocycles. The first-order valence-corrected chi connectivity index (χ1v) is 3.33. The summed E-state index contributed by atoms with van der Waals surface area (Å²) in [7, 11) is 0. The molecule has 1 heterocycles. The Morgan fingerprint density at radius 2 is 2.33 bits per heavy atom. The number of carboxylic acids is 1. The van der Waals surface area contributed by atoms with Gasteiger partial charge in [0.25, 0.3) is 0 Å². The van der Waals surface area contributed by atoms with E-state index < -0.39 is 5.97 Å². The maximum Gasteiger partial charge on any atom is 0.354 e. The quantitative estimate of drug-likeness (QED) is 0.711. The third-order valence-corrected chi connectivity index (χ3v) is 1.48. The fourth-order valence-electron chi connectivity index (χ4n) is 0.640. The smallest absolute Gasteiger partial charge is 0.354 e. The van der Waals surface area contributed by atoms with Crippen molar-refractivity contribution in [3.63, 3.8) is 0 Å². The Morgan fingerprint density at radius 3 is 2.83 bits per heavy atom. The summed E-state index contributed by atoms with van der Waals surface area (Å²) in [5.74, 6) is -1.18. The average molecular weight is 183 g/mol. The molecule has 0 saturated carbocycles. The summed E-state index contributed by atoms with van der Waals surface area (Å²) in [6.45, 7) is 0. The van der Waals surface area contributed by atoms with E-state index in [2.05, 4.69) is 4.98 Å². The number of carbonyl (C=O) groups is 1. The van der Waals surface area contributed by atoms with Crippen LogP contribution in [0.5, 0.6) is 0 Å². The van der Waals surface area contributed by atoms with Gasteiger partial charge in [-0.1, -0.05) is 11.6 Å². The van der Waals surface area contributed by atoms with Crippen LogP contribution in [0.2, 0.25) is 5.02 Å². The van der Waals surface area contributed by atoms with Crippen molar-refractivity contribution in [3.05, 3.63) is 28.5 Å². The van der Waals surface area contributed by atoms with Crippen LogP contribution < -0.4 is 0 Å². The standard InChI is InChI=1S/C7H3ClN2O2/c8-4-1-2-5(7(11)12)10-6(4)3-9/h1-2H,(H,11,12). The minimum Gasteiger partial charge on any atom is -0.477 e. The second kappa shape index (κ2) is 3.20. The molecule has 0 spiro atoms. The van der Waals surface area contributed by atoms with Gasteiger partial charge in [0.15, 0.2) is 5.69 Å². The van der Waals surface area contributed by atoms with Gasteiger partial charge in [-0.2, -0.15) is 5.26 Å². The molecule has 0 aliphatic rings. The summed E-state index contributed by atoms with van der Waals surface area (Å²) in [6, 6.07) is 4.26. The zero-order chi connectivity index (χ0) is 9.14. The van der Waals surface area contributed by atoms with Gasteiger partial charge in [-0.15, -0.1) is 0 Å². The molecule has 60 valence electrons. The van der Waals surface area contributed by atoms with Crippen molar-refractivity contribution < 1.29 is 9.90 Å². The van der Waals surface area contributed by atoms with Crippen molar-refractivity contribution in [1.82, 2.24) is 4.98 Å². The van der Waals surface area contributed by atoms with Crippen molar-refractivity contribution in [2.45, 2.75) is 0 Å². The van der Waals surface area contributed by atoms with E-state index in [0.29, 0.717) is 0 Å². The van der Waals surface area contributed by atoms with E-state index in [0.717, 1.165) is 0 Å². The van der Waals surface area contributed by atoms with Crippen molar-refractivity contribution in [2.24, 2.45) is 0 Å². The van der Waals surface area contributed by atoms with Gasteiger partial charge in [0, 0.05) is 0 Å².